The van der Waals surface area contributed by atoms with Gasteiger partial charge in [-0.25, -0.2) is 19.9 Å². The van der Waals surface area contributed by atoms with Gasteiger partial charge in [0.25, 0.3) is 0 Å². The van der Waals surface area contributed by atoms with Gasteiger partial charge >= 0.3 is 0 Å². The highest BCUT2D eigenvalue weighted by atomic mass is 15.2. The number of pyridine rings is 3. The van der Waals surface area contributed by atoms with E-state index in [4.69, 9.17) is 9.97 Å². The quantitative estimate of drug-likeness (QED) is 0.474. The molecule has 142 valence electrons. The summed E-state index contributed by atoms with van der Waals surface area (Å²) in [4.78, 5) is 29.7. The first kappa shape index (κ1) is 16.4. The molecule has 0 amide bonds. The number of hydrogen-bond donors (Lipinski definition) is 2. The van der Waals surface area contributed by atoms with Crippen molar-refractivity contribution < 1.29 is 0 Å². The lowest BCUT2D eigenvalue weighted by Gasteiger charge is -2.00. The standard InChI is InChI=1S/C21H13N9/c1-2-12(8-22-6-1)17-18-15(5-7-25-17)27-21(28-18)20-19-16(29-30-20)4-3-14(26-19)13-9-23-11-24-10-13/h1-11H,(H,27,28)(H,29,30). The smallest absolute Gasteiger partial charge is 0.161 e. The lowest BCUT2D eigenvalue weighted by atomic mass is 10.1. The van der Waals surface area contributed by atoms with Gasteiger partial charge in [-0.3, -0.25) is 15.1 Å². The van der Waals surface area contributed by atoms with Gasteiger partial charge in [-0.05, 0) is 30.3 Å². The number of aromatic amines is 2. The van der Waals surface area contributed by atoms with Gasteiger partial charge in [0.1, 0.15) is 17.4 Å². The van der Waals surface area contributed by atoms with Crippen molar-refractivity contribution in [2.24, 2.45) is 0 Å². The normalized spacial score (nSPS) is 11.3. The molecule has 0 atom stereocenters. The van der Waals surface area contributed by atoms with Crippen LogP contribution in [0.4, 0.5) is 0 Å². The van der Waals surface area contributed by atoms with Gasteiger partial charge in [0.2, 0.25) is 0 Å². The van der Waals surface area contributed by atoms with Crippen molar-refractivity contribution in [3.63, 3.8) is 0 Å². The van der Waals surface area contributed by atoms with Gasteiger partial charge in [-0.15, -0.1) is 0 Å². The Morgan fingerprint density at radius 3 is 2.43 bits per heavy atom. The molecule has 9 heteroatoms. The summed E-state index contributed by atoms with van der Waals surface area (Å²) in [5.74, 6) is 0.614. The molecule has 2 N–H and O–H groups in total. The number of nitrogens with one attached hydrogen (secondary N) is 2. The Morgan fingerprint density at radius 1 is 0.700 bits per heavy atom. The van der Waals surface area contributed by atoms with Crippen LogP contribution in [0.1, 0.15) is 0 Å². The molecule has 0 aromatic carbocycles. The maximum atomic E-state index is 4.79. The van der Waals surface area contributed by atoms with Crippen molar-refractivity contribution in [2.75, 3.05) is 0 Å². The van der Waals surface area contributed by atoms with Crippen LogP contribution < -0.4 is 0 Å². The first-order valence-electron chi connectivity index (χ1n) is 9.23. The van der Waals surface area contributed by atoms with Crippen LogP contribution in [-0.2, 0) is 0 Å². The summed E-state index contributed by atoms with van der Waals surface area (Å²) >= 11 is 0. The largest absolute Gasteiger partial charge is 0.336 e. The SMILES string of the molecule is c1cncc(-c2nccc3[nH]c(-c4n[nH]c5ccc(-c6cncnc6)nc45)nc23)c1. The van der Waals surface area contributed by atoms with Crippen LogP contribution >= 0.6 is 0 Å². The van der Waals surface area contributed by atoms with E-state index in [0.29, 0.717) is 17.0 Å². The zero-order valence-corrected chi connectivity index (χ0v) is 15.5. The minimum atomic E-state index is 0.614. The molecule has 6 heterocycles. The van der Waals surface area contributed by atoms with E-state index in [1.165, 1.54) is 6.33 Å². The van der Waals surface area contributed by atoms with Gasteiger partial charge in [0, 0.05) is 42.1 Å². The number of nitrogens with zero attached hydrogens (tertiary/aromatic N) is 7. The first-order valence-corrected chi connectivity index (χ1v) is 9.23. The zero-order valence-electron chi connectivity index (χ0n) is 15.5. The molecular weight excluding hydrogens is 378 g/mol. The number of fused-ring (bicyclic) bond motifs is 2. The topological polar surface area (TPSA) is 122 Å². The third-order valence-electron chi connectivity index (χ3n) is 4.82. The Labute approximate surface area is 169 Å². The summed E-state index contributed by atoms with van der Waals surface area (Å²) in [6.45, 7) is 0. The Morgan fingerprint density at radius 2 is 1.57 bits per heavy atom. The van der Waals surface area contributed by atoms with E-state index >= 15 is 0 Å². The van der Waals surface area contributed by atoms with Crippen LogP contribution in [-0.4, -0.2) is 45.1 Å². The second-order valence-corrected chi connectivity index (χ2v) is 6.67. The van der Waals surface area contributed by atoms with Crippen LogP contribution in [0.25, 0.3) is 56.1 Å². The van der Waals surface area contributed by atoms with E-state index in [-0.39, 0.29) is 0 Å². The lowest BCUT2D eigenvalue weighted by Crippen LogP contribution is -1.88. The van der Waals surface area contributed by atoms with Gasteiger partial charge in [-0.2, -0.15) is 5.10 Å². The Hall–Kier alpha value is -4.53. The average Bonchev–Trinajstić information content (AvgIpc) is 3.43. The van der Waals surface area contributed by atoms with Crippen molar-refractivity contribution >= 4 is 22.1 Å². The molecule has 0 aliphatic heterocycles. The van der Waals surface area contributed by atoms with Crippen molar-refractivity contribution in [2.45, 2.75) is 0 Å². The molecule has 6 aromatic rings. The fourth-order valence-electron chi connectivity index (χ4n) is 3.42. The molecule has 9 nitrogen and oxygen atoms in total. The van der Waals surface area contributed by atoms with Crippen LogP contribution in [0.3, 0.4) is 0 Å². The van der Waals surface area contributed by atoms with Gasteiger partial charge in [0.15, 0.2) is 11.5 Å². The van der Waals surface area contributed by atoms with Gasteiger partial charge in [-0.1, -0.05) is 0 Å². The molecule has 6 aromatic heterocycles. The number of aromatic nitrogens is 9. The first-order chi connectivity index (χ1) is 14.9. The minimum absolute atomic E-state index is 0.614. The highest BCUT2D eigenvalue weighted by Crippen LogP contribution is 2.30. The fourth-order valence-corrected chi connectivity index (χ4v) is 3.42. The highest BCUT2D eigenvalue weighted by molar-refractivity contribution is 5.94. The van der Waals surface area contributed by atoms with E-state index in [9.17, 15) is 0 Å². The van der Waals surface area contributed by atoms with Crippen LogP contribution in [0, 0.1) is 0 Å². The minimum Gasteiger partial charge on any atom is -0.336 e. The summed E-state index contributed by atoms with van der Waals surface area (Å²) in [6, 6.07) is 9.57. The van der Waals surface area contributed by atoms with E-state index in [0.717, 1.165) is 39.1 Å². The summed E-state index contributed by atoms with van der Waals surface area (Å²) in [5.41, 5.74) is 7.04. The zero-order chi connectivity index (χ0) is 19.9. The molecular formula is C21H13N9. The maximum Gasteiger partial charge on any atom is 0.161 e. The molecule has 0 saturated carbocycles. The number of imidazole rings is 1. The summed E-state index contributed by atoms with van der Waals surface area (Å²) in [5, 5.41) is 7.48. The van der Waals surface area contributed by atoms with E-state index in [1.54, 1.807) is 31.0 Å². The molecule has 0 unspecified atom stereocenters. The summed E-state index contributed by atoms with van der Waals surface area (Å²) in [6.07, 6.45) is 10.2. The van der Waals surface area contributed by atoms with Crippen LogP contribution in [0.15, 0.2) is 67.6 Å². The van der Waals surface area contributed by atoms with Crippen molar-refractivity contribution in [1.82, 2.24) is 45.1 Å². The van der Waals surface area contributed by atoms with Crippen molar-refractivity contribution in [1.29, 1.82) is 0 Å². The van der Waals surface area contributed by atoms with E-state index in [2.05, 4.69) is 35.1 Å². The van der Waals surface area contributed by atoms with E-state index in [1.807, 2.05) is 30.3 Å². The van der Waals surface area contributed by atoms with Crippen molar-refractivity contribution in [3.05, 3.63) is 67.6 Å². The predicted octanol–water partition coefficient (Wildman–Crippen LogP) is 3.42. The fraction of sp³-hybridized carbons (Fsp3) is 0. The maximum absolute atomic E-state index is 4.79. The Balaban J connectivity index is 1.52. The number of rotatable bonds is 3. The predicted molar refractivity (Wildman–Crippen MR) is 111 cm³/mol. The number of hydrogen-bond acceptors (Lipinski definition) is 7. The van der Waals surface area contributed by atoms with Crippen LogP contribution in [0.5, 0.6) is 0 Å². The van der Waals surface area contributed by atoms with E-state index < -0.39 is 0 Å². The highest BCUT2D eigenvalue weighted by Gasteiger charge is 2.17. The monoisotopic (exact) mass is 391 g/mol. The number of H-pyrrole nitrogens is 2. The summed E-state index contributed by atoms with van der Waals surface area (Å²) < 4.78 is 0. The molecule has 0 aliphatic carbocycles. The molecule has 0 aliphatic rings. The third kappa shape index (κ3) is 2.60. The molecule has 0 saturated heterocycles. The molecule has 30 heavy (non-hydrogen) atoms. The molecule has 0 radical (unpaired) electrons. The average molecular weight is 391 g/mol. The third-order valence-corrected chi connectivity index (χ3v) is 4.82. The van der Waals surface area contributed by atoms with Crippen molar-refractivity contribution in [3.8, 4) is 34.0 Å². The molecule has 0 bridgehead atoms. The van der Waals surface area contributed by atoms with Crippen LogP contribution in [0.2, 0.25) is 0 Å². The van der Waals surface area contributed by atoms with Gasteiger partial charge < -0.3 is 4.98 Å². The Kier molecular flexibility index (Phi) is 3.57. The molecule has 0 spiro atoms. The Bertz CT molecular complexity index is 1490. The molecule has 0 fully saturated rings. The summed E-state index contributed by atoms with van der Waals surface area (Å²) in [7, 11) is 0. The molecule has 6 rings (SSSR count). The second-order valence-electron chi connectivity index (χ2n) is 6.67. The van der Waals surface area contributed by atoms with Gasteiger partial charge in [0.05, 0.1) is 22.4 Å². The lowest BCUT2D eigenvalue weighted by molar-refractivity contribution is 1.10. The second kappa shape index (κ2) is 6.52.